The second-order valence-electron chi connectivity index (χ2n) is 5.94. The van der Waals surface area contributed by atoms with Crippen molar-refractivity contribution in [1.82, 2.24) is 15.0 Å². The molecule has 2 aromatic carbocycles. The summed E-state index contributed by atoms with van der Waals surface area (Å²) >= 11 is 0. The average molecular weight is 313 g/mol. The molecular weight excluding hydrogens is 294 g/mol. The van der Waals surface area contributed by atoms with Crippen molar-refractivity contribution in [1.29, 1.82) is 0 Å². The zero-order chi connectivity index (χ0) is 16.5. The molecule has 2 heterocycles. The Morgan fingerprint density at radius 3 is 2.54 bits per heavy atom. The van der Waals surface area contributed by atoms with E-state index in [1.54, 1.807) is 0 Å². The Balaban J connectivity index is 1.93. The number of hydrogen-bond acceptors (Lipinski definition) is 1. The van der Waals surface area contributed by atoms with Gasteiger partial charge in [0.05, 0.1) is 5.69 Å². The summed E-state index contributed by atoms with van der Waals surface area (Å²) in [5.41, 5.74) is 6.60. The number of benzene rings is 2. The summed E-state index contributed by atoms with van der Waals surface area (Å²) < 4.78 is 0. The predicted octanol–water partition coefficient (Wildman–Crippen LogP) is 5.26. The van der Waals surface area contributed by atoms with Crippen molar-refractivity contribution in [3.8, 4) is 22.6 Å². The molecule has 0 spiro atoms. The second kappa shape index (κ2) is 5.85. The van der Waals surface area contributed by atoms with Gasteiger partial charge in [0.2, 0.25) is 0 Å². The molecule has 0 fully saturated rings. The van der Waals surface area contributed by atoms with E-state index in [0.717, 1.165) is 46.0 Å². The van der Waals surface area contributed by atoms with Gasteiger partial charge in [-0.1, -0.05) is 54.6 Å². The lowest BCUT2D eigenvalue weighted by Gasteiger charge is -1.99. The number of aromatic nitrogens is 3. The van der Waals surface area contributed by atoms with E-state index in [9.17, 15) is 0 Å². The number of nitrogens with one attached hydrogen (secondary N) is 2. The molecule has 0 unspecified atom stereocenters. The molecule has 0 saturated heterocycles. The molecule has 3 nitrogen and oxygen atoms in total. The molecule has 0 aliphatic heterocycles. The summed E-state index contributed by atoms with van der Waals surface area (Å²) in [4.78, 5) is 11.9. The van der Waals surface area contributed by atoms with Gasteiger partial charge in [-0.2, -0.15) is 0 Å². The van der Waals surface area contributed by atoms with E-state index in [2.05, 4.69) is 53.8 Å². The first-order valence-corrected chi connectivity index (χ1v) is 8.11. The zero-order valence-corrected chi connectivity index (χ0v) is 13.6. The lowest BCUT2D eigenvalue weighted by atomic mass is 10.1. The van der Waals surface area contributed by atoms with Crippen LogP contribution in [-0.2, 0) is 6.42 Å². The molecule has 0 aliphatic carbocycles. The molecule has 2 aromatic heterocycles. The van der Waals surface area contributed by atoms with Crippen molar-refractivity contribution in [2.24, 2.45) is 0 Å². The van der Waals surface area contributed by atoms with Crippen LogP contribution in [-0.4, -0.2) is 15.0 Å². The number of rotatable bonds is 4. The van der Waals surface area contributed by atoms with Gasteiger partial charge in [0.15, 0.2) is 0 Å². The highest BCUT2D eigenvalue weighted by atomic mass is 14.9. The largest absolute Gasteiger partial charge is 0.358 e. The molecule has 4 aromatic rings. The van der Waals surface area contributed by atoms with Gasteiger partial charge >= 0.3 is 0 Å². The summed E-state index contributed by atoms with van der Waals surface area (Å²) in [5.74, 6) is 0.903. The SMILES string of the molecule is C=CCc1[nH]c(-c2c(C)[nH]c3ccccc23)nc1-c1ccccc1. The van der Waals surface area contributed by atoms with Crippen molar-refractivity contribution in [2.75, 3.05) is 0 Å². The first-order valence-electron chi connectivity index (χ1n) is 8.11. The first-order chi connectivity index (χ1) is 11.8. The quantitative estimate of drug-likeness (QED) is 0.496. The van der Waals surface area contributed by atoms with E-state index in [-0.39, 0.29) is 0 Å². The minimum atomic E-state index is 0.763. The van der Waals surface area contributed by atoms with Crippen molar-refractivity contribution < 1.29 is 0 Å². The van der Waals surface area contributed by atoms with E-state index in [1.807, 2.05) is 30.3 Å². The Hall–Kier alpha value is -3.07. The third-order valence-electron chi connectivity index (χ3n) is 4.30. The predicted molar refractivity (Wildman–Crippen MR) is 100.0 cm³/mol. The van der Waals surface area contributed by atoms with Crippen molar-refractivity contribution in [3.05, 3.63) is 78.6 Å². The third-order valence-corrected chi connectivity index (χ3v) is 4.30. The van der Waals surface area contributed by atoms with Gasteiger partial charge in [-0.15, -0.1) is 6.58 Å². The molecule has 0 amide bonds. The number of para-hydroxylation sites is 1. The number of hydrogen-bond donors (Lipinski definition) is 2. The minimum absolute atomic E-state index is 0.763. The van der Waals surface area contributed by atoms with Crippen LogP contribution >= 0.6 is 0 Å². The van der Waals surface area contributed by atoms with E-state index in [0.29, 0.717) is 0 Å². The Morgan fingerprint density at radius 1 is 1.00 bits per heavy atom. The fourth-order valence-corrected chi connectivity index (χ4v) is 3.24. The van der Waals surface area contributed by atoms with Crippen LogP contribution in [0.5, 0.6) is 0 Å². The fourth-order valence-electron chi connectivity index (χ4n) is 3.24. The molecule has 4 rings (SSSR count). The maximum atomic E-state index is 4.93. The van der Waals surface area contributed by atoms with Crippen LogP contribution in [0.25, 0.3) is 33.5 Å². The maximum absolute atomic E-state index is 4.93. The lowest BCUT2D eigenvalue weighted by Crippen LogP contribution is -1.86. The zero-order valence-electron chi connectivity index (χ0n) is 13.6. The number of imidazole rings is 1. The summed E-state index contributed by atoms with van der Waals surface area (Å²) in [6, 6.07) is 18.6. The van der Waals surface area contributed by atoms with E-state index >= 15 is 0 Å². The molecule has 118 valence electrons. The Kier molecular flexibility index (Phi) is 3.54. The monoisotopic (exact) mass is 313 g/mol. The van der Waals surface area contributed by atoms with Gasteiger partial charge in [0.1, 0.15) is 5.82 Å². The van der Waals surface area contributed by atoms with Gasteiger partial charge in [-0.25, -0.2) is 4.98 Å². The summed E-state index contributed by atoms with van der Waals surface area (Å²) in [7, 11) is 0. The number of nitrogens with zero attached hydrogens (tertiary/aromatic N) is 1. The minimum Gasteiger partial charge on any atom is -0.358 e. The normalized spacial score (nSPS) is 11.0. The van der Waals surface area contributed by atoms with Crippen molar-refractivity contribution in [3.63, 3.8) is 0 Å². The number of allylic oxidation sites excluding steroid dienone is 1. The Bertz CT molecular complexity index is 1010. The number of fused-ring (bicyclic) bond motifs is 1. The fraction of sp³-hybridized carbons (Fsp3) is 0.0952. The molecule has 0 atom stereocenters. The molecule has 0 bridgehead atoms. The van der Waals surface area contributed by atoms with E-state index < -0.39 is 0 Å². The van der Waals surface area contributed by atoms with Crippen LogP contribution in [0, 0.1) is 6.92 Å². The maximum Gasteiger partial charge on any atom is 0.140 e. The van der Waals surface area contributed by atoms with Crippen molar-refractivity contribution >= 4 is 10.9 Å². The van der Waals surface area contributed by atoms with Gasteiger partial charge in [0, 0.05) is 39.8 Å². The van der Waals surface area contributed by atoms with Gasteiger partial charge in [-0.3, -0.25) is 0 Å². The van der Waals surface area contributed by atoms with Crippen molar-refractivity contribution in [2.45, 2.75) is 13.3 Å². The number of aromatic amines is 2. The Labute approximate surface area is 141 Å². The smallest absolute Gasteiger partial charge is 0.140 e. The van der Waals surface area contributed by atoms with Gasteiger partial charge < -0.3 is 9.97 Å². The van der Waals surface area contributed by atoms with Crippen LogP contribution in [0.4, 0.5) is 0 Å². The van der Waals surface area contributed by atoms with Gasteiger partial charge in [0.25, 0.3) is 0 Å². The van der Waals surface area contributed by atoms with E-state index in [4.69, 9.17) is 4.98 Å². The lowest BCUT2D eigenvalue weighted by molar-refractivity contribution is 1.16. The highest BCUT2D eigenvalue weighted by Crippen LogP contribution is 2.33. The summed E-state index contributed by atoms with van der Waals surface area (Å²) in [5, 5.41) is 1.19. The molecule has 0 aliphatic rings. The standard InChI is InChI=1S/C21H19N3/c1-3-9-18-20(15-10-5-4-6-11-15)24-21(23-18)19-14(2)22-17-13-8-7-12-16(17)19/h3-8,10-13,22H,1,9H2,2H3,(H,23,24). The molecule has 24 heavy (non-hydrogen) atoms. The van der Waals surface area contributed by atoms with E-state index in [1.165, 1.54) is 5.39 Å². The Morgan fingerprint density at radius 2 is 1.75 bits per heavy atom. The molecular formula is C21H19N3. The van der Waals surface area contributed by atoms with Crippen LogP contribution < -0.4 is 0 Å². The molecule has 0 saturated carbocycles. The van der Waals surface area contributed by atoms with Crippen LogP contribution in [0.1, 0.15) is 11.4 Å². The van der Waals surface area contributed by atoms with Crippen LogP contribution in [0.2, 0.25) is 0 Å². The highest BCUT2D eigenvalue weighted by Gasteiger charge is 2.17. The molecule has 3 heteroatoms. The molecule has 2 N–H and O–H groups in total. The number of aryl methyl sites for hydroxylation is 1. The topological polar surface area (TPSA) is 44.5 Å². The average Bonchev–Trinajstić information content (AvgIpc) is 3.16. The third kappa shape index (κ3) is 2.35. The highest BCUT2D eigenvalue weighted by molar-refractivity contribution is 5.96. The first kappa shape index (κ1) is 14.5. The van der Waals surface area contributed by atoms with Gasteiger partial charge in [-0.05, 0) is 13.0 Å². The molecule has 0 radical (unpaired) electrons. The number of H-pyrrole nitrogens is 2. The van der Waals surface area contributed by atoms with Crippen LogP contribution in [0.15, 0.2) is 67.3 Å². The summed E-state index contributed by atoms with van der Waals surface area (Å²) in [6.07, 6.45) is 2.67. The summed E-state index contributed by atoms with van der Waals surface area (Å²) in [6.45, 7) is 5.97. The second-order valence-corrected chi connectivity index (χ2v) is 5.94. The van der Waals surface area contributed by atoms with Crippen LogP contribution in [0.3, 0.4) is 0 Å².